The van der Waals surface area contributed by atoms with Gasteiger partial charge < -0.3 is 5.32 Å². The van der Waals surface area contributed by atoms with Crippen LogP contribution in [0.2, 0.25) is 0 Å². The summed E-state index contributed by atoms with van der Waals surface area (Å²) in [5.41, 5.74) is 1.32. The molecule has 1 saturated heterocycles. The molecule has 0 radical (unpaired) electrons. The molecule has 2 atom stereocenters. The molecule has 1 aliphatic carbocycles. The summed E-state index contributed by atoms with van der Waals surface area (Å²) < 4.78 is 0. The van der Waals surface area contributed by atoms with E-state index < -0.39 is 0 Å². The number of piperidine rings is 1. The Hall–Kier alpha value is -1.35. The fourth-order valence-electron chi connectivity index (χ4n) is 3.64. The van der Waals surface area contributed by atoms with Crippen molar-refractivity contribution in [1.29, 1.82) is 0 Å². The predicted molar refractivity (Wildman–Crippen MR) is 94.1 cm³/mol. The van der Waals surface area contributed by atoms with Crippen molar-refractivity contribution < 1.29 is 4.79 Å². The third-order valence-corrected chi connectivity index (χ3v) is 5.66. The van der Waals surface area contributed by atoms with E-state index in [-0.39, 0.29) is 11.8 Å². The Morgan fingerprint density at radius 1 is 1.17 bits per heavy atom. The summed E-state index contributed by atoms with van der Waals surface area (Å²) in [5, 5.41) is 3.23. The lowest BCUT2D eigenvalue weighted by Gasteiger charge is -2.37. The molecule has 3 heteroatoms. The first-order chi connectivity index (χ1) is 11.1. The molecular weight excluding hydrogens is 284 g/mol. The second kappa shape index (κ2) is 7.48. The molecule has 3 nitrogen and oxygen atoms in total. The van der Waals surface area contributed by atoms with Crippen molar-refractivity contribution in [2.75, 3.05) is 19.6 Å². The number of nitrogens with one attached hydrogen (secondary N) is 1. The molecule has 23 heavy (non-hydrogen) atoms. The maximum atomic E-state index is 12.4. The first-order valence-electron chi connectivity index (χ1n) is 9.22. The molecule has 3 rings (SSSR count). The quantitative estimate of drug-likeness (QED) is 0.870. The summed E-state index contributed by atoms with van der Waals surface area (Å²) in [4.78, 5) is 14.9. The second-order valence-corrected chi connectivity index (χ2v) is 7.52. The highest BCUT2D eigenvalue weighted by molar-refractivity contribution is 5.78. The number of hydrogen-bond donors (Lipinski definition) is 1. The fraction of sp³-hybridized carbons (Fsp3) is 0.650. The largest absolute Gasteiger partial charge is 0.354 e. The molecule has 1 N–H and O–H groups in total. The van der Waals surface area contributed by atoms with Gasteiger partial charge in [-0.05, 0) is 56.2 Å². The van der Waals surface area contributed by atoms with E-state index in [1.54, 1.807) is 0 Å². The van der Waals surface area contributed by atoms with Gasteiger partial charge in [0, 0.05) is 12.5 Å². The minimum absolute atomic E-state index is 0.174. The van der Waals surface area contributed by atoms with Crippen LogP contribution in [-0.4, -0.2) is 30.4 Å². The number of likely N-dealkylation sites (tertiary alicyclic amines) is 1. The lowest BCUT2D eigenvalue weighted by atomic mass is 9.95. The molecule has 0 bridgehead atoms. The number of hydrogen-bond acceptors (Lipinski definition) is 2. The average molecular weight is 314 g/mol. The van der Waals surface area contributed by atoms with Gasteiger partial charge in [0.05, 0.1) is 6.04 Å². The van der Waals surface area contributed by atoms with Crippen LogP contribution in [-0.2, 0) is 4.79 Å². The van der Waals surface area contributed by atoms with Gasteiger partial charge in [-0.3, -0.25) is 9.69 Å². The Morgan fingerprint density at radius 2 is 1.83 bits per heavy atom. The van der Waals surface area contributed by atoms with E-state index in [4.69, 9.17) is 0 Å². The molecule has 1 aromatic carbocycles. The zero-order valence-corrected chi connectivity index (χ0v) is 14.5. The van der Waals surface area contributed by atoms with E-state index in [0.29, 0.717) is 12.0 Å². The normalized spacial score (nSPS) is 22.5. The molecule has 2 aliphatic rings. The van der Waals surface area contributed by atoms with Gasteiger partial charge >= 0.3 is 0 Å². The number of carbonyl (C=O) groups excluding carboxylic acids is 1. The molecule has 1 heterocycles. The Labute approximate surface area is 140 Å². The lowest BCUT2D eigenvalue weighted by molar-refractivity contribution is -0.125. The van der Waals surface area contributed by atoms with Crippen molar-refractivity contribution in [2.45, 2.75) is 45.6 Å². The van der Waals surface area contributed by atoms with E-state index in [9.17, 15) is 4.79 Å². The van der Waals surface area contributed by atoms with Crippen molar-refractivity contribution in [3.63, 3.8) is 0 Å². The van der Waals surface area contributed by atoms with Gasteiger partial charge in [0.25, 0.3) is 0 Å². The van der Waals surface area contributed by atoms with Gasteiger partial charge in [-0.25, -0.2) is 0 Å². The van der Waals surface area contributed by atoms with Crippen LogP contribution in [0.5, 0.6) is 0 Å². The Kier molecular flexibility index (Phi) is 5.37. The van der Waals surface area contributed by atoms with Crippen LogP contribution in [0.1, 0.15) is 51.1 Å². The van der Waals surface area contributed by atoms with Gasteiger partial charge in [0.2, 0.25) is 5.91 Å². The van der Waals surface area contributed by atoms with Gasteiger partial charge in [-0.1, -0.05) is 44.2 Å². The highest BCUT2D eigenvalue weighted by Crippen LogP contribution is 2.36. The monoisotopic (exact) mass is 314 g/mol. The number of carbonyl (C=O) groups is 1. The van der Waals surface area contributed by atoms with E-state index in [2.05, 4.69) is 54.4 Å². The Balaban J connectivity index is 1.64. The van der Waals surface area contributed by atoms with E-state index in [0.717, 1.165) is 25.6 Å². The van der Waals surface area contributed by atoms with Crippen LogP contribution < -0.4 is 5.32 Å². The number of nitrogens with zero attached hydrogens (tertiary/aromatic N) is 1. The maximum absolute atomic E-state index is 12.4. The summed E-state index contributed by atoms with van der Waals surface area (Å²) in [7, 11) is 0. The van der Waals surface area contributed by atoms with Crippen molar-refractivity contribution >= 4 is 5.91 Å². The minimum atomic E-state index is 0.174. The number of benzene rings is 1. The molecule has 0 aromatic heterocycles. The second-order valence-electron chi connectivity index (χ2n) is 7.52. The van der Waals surface area contributed by atoms with Crippen LogP contribution in [0.15, 0.2) is 30.3 Å². The Bertz CT molecular complexity index is 504. The SMILES string of the molecule is CC1CCN(C(CNC(=O)C(C)C2CC2)c2ccccc2)CC1. The first-order valence-corrected chi connectivity index (χ1v) is 9.22. The van der Waals surface area contributed by atoms with Crippen LogP contribution in [0, 0.1) is 17.8 Å². The zero-order chi connectivity index (χ0) is 16.2. The first kappa shape index (κ1) is 16.5. The van der Waals surface area contributed by atoms with Gasteiger partial charge in [0.1, 0.15) is 0 Å². The Morgan fingerprint density at radius 3 is 2.43 bits per heavy atom. The molecular formula is C20H30N2O. The summed E-state index contributed by atoms with van der Waals surface area (Å²) in [6.07, 6.45) is 4.97. The molecule has 1 saturated carbocycles. The van der Waals surface area contributed by atoms with Crippen LogP contribution in [0.3, 0.4) is 0 Å². The molecule has 0 spiro atoms. The molecule has 1 amide bonds. The van der Waals surface area contributed by atoms with Crippen molar-refractivity contribution in [3.8, 4) is 0 Å². The maximum Gasteiger partial charge on any atom is 0.223 e. The van der Waals surface area contributed by atoms with Gasteiger partial charge in [-0.15, -0.1) is 0 Å². The van der Waals surface area contributed by atoms with Gasteiger partial charge in [0.15, 0.2) is 0 Å². The molecule has 1 aromatic rings. The van der Waals surface area contributed by atoms with E-state index in [1.807, 2.05) is 0 Å². The molecule has 1 aliphatic heterocycles. The fourth-order valence-corrected chi connectivity index (χ4v) is 3.64. The average Bonchev–Trinajstić information content (AvgIpc) is 3.41. The molecule has 2 unspecified atom stereocenters. The number of amides is 1. The highest BCUT2D eigenvalue weighted by Gasteiger charge is 2.33. The third kappa shape index (κ3) is 4.35. The van der Waals surface area contributed by atoms with Gasteiger partial charge in [-0.2, -0.15) is 0 Å². The van der Waals surface area contributed by atoms with E-state index in [1.165, 1.54) is 31.2 Å². The van der Waals surface area contributed by atoms with Crippen LogP contribution >= 0.6 is 0 Å². The topological polar surface area (TPSA) is 32.3 Å². The molecule has 126 valence electrons. The standard InChI is InChI=1S/C20H30N2O/c1-15-10-12-22(13-11-15)19(18-6-4-3-5-7-18)14-21-20(23)16(2)17-8-9-17/h3-7,15-17,19H,8-14H2,1-2H3,(H,21,23). The van der Waals surface area contributed by atoms with Crippen LogP contribution in [0.4, 0.5) is 0 Å². The van der Waals surface area contributed by atoms with Crippen molar-refractivity contribution in [3.05, 3.63) is 35.9 Å². The van der Waals surface area contributed by atoms with Crippen molar-refractivity contribution in [1.82, 2.24) is 10.2 Å². The lowest BCUT2D eigenvalue weighted by Crippen LogP contribution is -2.43. The summed E-state index contributed by atoms with van der Waals surface area (Å²) in [6.45, 7) is 7.42. The third-order valence-electron chi connectivity index (χ3n) is 5.66. The highest BCUT2D eigenvalue weighted by atomic mass is 16.1. The zero-order valence-electron chi connectivity index (χ0n) is 14.5. The molecule has 2 fully saturated rings. The predicted octanol–water partition coefficient (Wildman–Crippen LogP) is 3.62. The summed E-state index contributed by atoms with van der Waals surface area (Å²) >= 11 is 0. The van der Waals surface area contributed by atoms with Crippen LogP contribution in [0.25, 0.3) is 0 Å². The summed E-state index contributed by atoms with van der Waals surface area (Å²) in [5.74, 6) is 1.86. The van der Waals surface area contributed by atoms with Crippen molar-refractivity contribution in [2.24, 2.45) is 17.8 Å². The minimum Gasteiger partial charge on any atom is -0.354 e. The summed E-state index contributed by atoms with van der Waals surface area (Å²) in [6, 6.07) is 11.0. The smallest absolute Gasteiger partial charge is 0.223 e. The van der Waals surface area contributed by atoms with E-state index >= 15 is 0 Å². The number of rotatable bonds is 6.